The van der Waals surface area contributed by atoms with Gasteiger partial charge in [-0.05, 0) is 57.4 Å². The van der Waals surface area contributed by atoms with E-state index >= 15 is 0 Å². The number of methoxy groups -OCH3 is 1. The number of allylic oxidation sites excluding steroid dienone is 3. The second-order valence-electron chi connectivity index (χ2n) is 7.11. The van der Waals surface area contributed by atoms with Crippen LogP contribution in [-0.2, 0) is 4.74 Å². The summed E-state index contributed by atoms with van der Waals surface area (Å²) in [7, 11) is 1.77. The van der Waals surface area contributed by atoms with Gasteiger partial charge in [0, 0.05) is 31.8 Å². The average Bonchev–Trinajstić information content (AvgIpc) is 2.57. The van der Waals surface area contributed by atoms with Crippen LogP contribution in [0.1, 0.15) is 51.9 Å². The Kier molecular flexibility index (Phi) is 7.47. The molecule has 2 rings (SSSR count). The van der Waals surface area contributed by atoms with Gasteiger partial charge < -0.3 is 9.64 Å². The topological polar surface area (TPSA) is 12.5 Å². The van der Waals surface area contributed by atoms with Crippen molar-refractivity contribution in [2.45, 2.75) is 70.2 Å². The first-order valence-electron chi connectivity index (χ1n) is 9.13. The molecule has 0 spiro atoms. The Morgan fingerprint density at radius 1 is 1.50 bits per heavy atom. The van der Waals surface area contributed by atoms with Gasteiger partial charge in [0.2, 0.25) is 0 Å². The van der Waals surface area contributed by atoms with Crippen molar-refractivity contribution in [3.05, 3.63) is 36.3 Å². The molecule has 0 aromatic carbocycles. The van der Waals surface area contributed by atoms with Crippen molar-refractivity contribution < 1.29 is 13.5 Å². The molecule has 4 heteroatoms. The molecule has 0 amide bonds. The van der Waals surface area contributed by atoms with Crippen LogP contribution >= 0.6 is 0 Å². The standard InChI is InChI=1S/C20H31F2NO/c1-4-11-23(19-7-9-20(24-3)10-8-19)15(2)5-6-16-12-17(21)14-18(22)13-16/h4,7,12,15-16,18,20H,1,5-6,8-11,13-14H2,2-3H3/t15-,16-,18?,20?/m1/s1. The van der Waals surface area contributed by atoms with E-state index in [9.17, 15) is 8.78 Å². The van der Waals surface area contributed by atoms with Gasteiger partial charge in [0.1, 0.15) is 6.17 Å². The maximum Gasteiger partial charge on any atom is 0.107 e. The van der Waals surface area contributed by atoms with Crippen LogP contribution < -0.4 is 0 Å². The van der Waals surface area contributed by atoms with E-state index in [2.05, 4.69) is 24.5 Å². The van der Waals surface area contributed by atoms with E-state index < -0.39 is 6.17 Å². The Bertz CT molecular complexity index is 474. The van der Waals surface area contributed by atoms with E-state index in [-0.39, 0.29) is 18.2 Å². The fourth-order valence-corrected chi connectivity index (χ4v) is 3.82. The van der Waals surface area contributed by atoms with Crippen molar-refractivity contribution in [3.8, 4) is 0 Å². The molecule has 2 aliphatic rings. The van der Waals surface area contributed by atoms with Gasteiger partial charge in [-0.25, -0.2) is 8.78 Å². The van der Waals surface area contributed by atoms with Crippen molar-refractivity contribution in [1.82, 2.24) is 4.90 Å². The van der Waals surface area contributed by atoms with E-state index in [0.29, 0.717) is 18.6 Å². The minimum absolute atomic E-state index is 0.0278. The molecule has 2 unspecified atom stereocenters. The van der Waals surface area contributed by atoms with Gasteiger partial charge in [-0.3, -0.25) is 0 Å². The number of alkyl halides is 1. The number of ether oxygens (including phenoxy) is 1. The lowest BCUT2D eigenvalue weighted by Gasteiger charge is -2.36. The van der Waals surface area contributed by atoms with Crippen molar-refractivity contribution in [2.75, 3.05) is 13.7 Å². The molecule has 0 heterocycles. The first-order chi connectivity index (χ1) is 11.5. The highest BCUT2D eigenvalue weighted by molar-refractivity contribution is 5.09. The molecule has 2 nitrogen and oxygen atoms in total. The molecule has 0 aromatic heterocycles. The molecule has 2 aliphatic carbocycles. The maximum absolute atomic E-state index is 13.5. The fourth-order valence-electron chi connectivity index (χ4n) is 3.82. The van der Waals surface area contributed by atoms with Crippen LogP contribution in [0.3, 0.4) is 0 Å². The minimum Gasteiger partial charge on any atom is -0.381 e. The largest absolute Gasteiger partial charge is 0.381 e. The summed E-state index contributed by atoms with van der Waals surface area (Å²) in [6.45, 7) is 6.88. The highest BCUT2D eigenvalue weighted by Gasteiger charge is 2.25. The van der Waals surface area contributed by atoms with E-state index in [1.807, 2.05) is 6.08 Å². The number of halogens is 2. The third-order valence-corrected chi connectivity index (χ3v) is 5.25. The van der Waals surface area contributed by atoms with Gasteiger partial charge in [0.25, 0.3) is 0 Å². The highest BCUT2D eigenvalue weighted by atomic mass is 19.1. The molecule has 0 radical (unpaired) electrons. The summed E-state index contributed by atoms with van der Waals surface area (Å²) >= 11 is 0. The molecule has 0 fully saturated rings. The first-order valence-corrected chi connectivity index (χ1v) is 9.13. The third-order valence-electron chi connectivity index (χ3n) is 5.25. The predicted octanol–water partition coefficient (Wildman–Crippen LogP) is 5.33. The number of rotatable bonds is 8. The van der Waals surface area contributed by atoms with Crippen LogP contribution in [-0.4, -0.2) is 36.9 Å². The zero-order valence-corrected chi connectivity index (χ0v) is 15.0. The molecule has 0 aromatic rings. The molecule has 0 saturated heterocycles. The SMILES string of the molecule is C=CCN(C1=CCC(OC)CC1)[C@H](C)CC[C@@H]1C=C(F)CC(F)C1. The van der Waals surface area contributed by atoms with Crippen molar-refractivity contribution >= 4 is 0 Å². The van der Waals surface area contributed by atoms with Gasteiger partial charge in [-0.15, -0.1) is 6.58 Å². The molecule has 0 aliphatic heterocycles. The first kappa shape index (κ1) is 19.2. The molecule has 0 saturated carbocycles. The number of nitrogens with zero attached hydrogens (tertiary/aromatic N) is 1. The fraction of sp³-hybridized carbons (Fsp3) is 0.700. The molecular formula is C20H31F2NO. The maximum atomic E-state index is 13.5. The molecule has 4 atom stereocenters. The zero-order chi connectivity index (χ0) is 17.5. The van der Waals surface area contributed by atoms with Crippen LogP contribution in [0.2, 0.25) is 0 Å². The van der Waals surface area contributed by atoms with Crippen LogP contribution in [0.15, 0.2) is 36.3 Å². The third kappa shape index (κ3) is 5.44. The summed E-state index contributed by atoms with van der Waals surface area (Å²) in [5, 5.41) is 0. The minimum atomic E-state index is -1.02. The summed E-state index contributed by atoms with van der Waals surface area (Å²) < 4.78 is 32.4. The van der Waals surface area contributed by atoms with Gasteiger partial charge in [0.15, 0.2) is 0 Å². The van der Waals surface area contributed by atoms with Crippen molar-refractivity contribution in [1.29, 1.82) is 0 Å². The smallest absolute Gasteiger partial charge is 0.107 e. The van der Waals surface area contributed by atoms with Gasteiger partial charge in [0.05, 0.1) is 11.9 Å². The number of hydrogen-bond donors (Lipinski definition) is 0. The lowest BCUT2D eigenvalue weighted by molar-refractivity contribution is 0.0883. The summed E-state index contributed by atoms with van der Waals surface area (Å²) in [4.78, 5) is 2.38. The van der Waals surface area contributed by atoms with Crippen LogP contribution in [0, 0.1) is 5.92 Å². The van der Waals surface area contributed by atoms with Gasteiger partial charge in [-0.2, -0.15) is 0 Å². The van der Waals surface area contributed by atoms with E-state index in [1.165, 1.54) is 5.70 Å². The Morgan fingerprint density at radius 2 is 2.29 bits per heavy atom. The summed E-state index contributed by atoms with van der Waals surface area (Å²) in [6.07, 6.45) is 10.3. The molecule has 136 valence electrons. The number of hydrogen-bond acceptors (Lipinski definition) is 2. The monoisotopic (exact) mass is 339 g/mol. The summed E-state index contributed by atoms with van der Waals surface area (Å²) in [5.41, 5.74) is 1.35. The lowest BCUT2D eigenvalue weighted by atomic mass is 9.88. The predicted molar refractivity (Wildman–Crippen MR) is 95.1 cm³/mol. The Morgan fingerprint density at radius 3 is 2.88 bits per heavy atom. The van der Waals surface area contributed by atoms with Crippen molar-refractivity contribution in [3.63, 3.8) is 0 Å². The second-order valence-corrected chi connectivity index (χ2v) is 7.11. The van der Waals surface area contributed by atoms with Crippen LogP contribution in [0.4, 0.5) is 8.78 Å². The van der Waals surface area contributed by atoms with Crippen molar-refractivity contribution in [2.24, 2.45) is 5.92 Å². The average molecular weight is 339 g/mol. The normalized spacial score (nSPS) is 28.8. The van der Waals surface area contributed by atoms with Crippen LogP contribution in [0.5, 0.6) is 0 Å². The Balaban J connectivity index is 1.92. The molecule has 0 N–H and O–H groups in total. The molecule has 0 bridgehead atoms. The second kappa shape index (κ2) is 9.36. The van der Waals surface area contributed by atoms with Crippen LogP contribution in [0.25, 0.3) is 0 Å². The summed E-state index contributed by atoms with van der Waals surface area (Å²) in [5.74, 6) is -0.255. The quantitative estimate of drug-likeness (QED) is 0.554. The molecule has 24 heavy (non-hydrogen) atoms. The highest BCUT2D eigenvalue weighted by Crippen LogP contribution is 2.31. The van der Waals surface area contributed by atoms with E-state index in [1.54, 1.807) is 13.2 Å². The van der Waals surface area contributed by atoms with Gasteiger partial charge >= 0.3 is 0 Å². The Hall–Kier alpha value is -1.16. The lowest BCUT2D eigenvalue weighted by Crippen LogP contribution is -2.35. The zero-order valence-electron chi connectivity index (χ0n) is 15.0. The summed E-state index contributed by atoms with van der Waals surface area (Å²) in [6, 6.07) is 0.338. The van der Waals surface area contributed by atoms with E-state index in [0.717, 1.165) is 38.6 Å². The molecular weight excluding hydrogens is 308 g/mol. The van der Waals surface area contributed by atoms with E-state index in [4.69, 9.17) is 4.74 Å². The van der Waals surface area contributed by atoms with Gasteiger partial charge in [-0.1, -0.05) is 12.2 Å². The Labute approximate surface area is 145 Å².